The van der Waals surface area contributed by atoms with Crippen molar-refractivity contribution in [1.29, 1.82) is 0 Å². The summed E-state index contributed by atoms with van der Waals surface area (Å²) < 4.78 is 1.64. The first kappa shape index (κ1) is 19.2. The van der Waals surface area contributed by atoms with E-state index in [-0.39, 0.29) is 0 Å². The molecule has 0 aliphatic rings. The molecule has 10 heteroatoms. The lowest BCUT2D eigenvalue weighted by Crippen LogP contribution is -2.20. The molecule has 3 aromatic rings. The van der Waals surface area contributed by atoms with E-state index >= 15 is 0 Å². The van der Waals surface area contributed by atoms with Crippen molar-refractivity contribution in [2.45, 2.75) is 6.54 Å². The Morgan fingerprint density at radius 3 is 2.50 bits per heavy atom. The van der Waals surface area contributed by atoms with Gasteiger partial charge in [-0.25, -0.2) is 9.67 Å². The number of halogens is 4. The smallest absolute Gasteiger partial charge is 0.248 e. The van der Waals surface area contributed by atoms with Crippen molar-refractivity contribution in [3.8, 4) is 0 Å². The van der Waals surface area contributed by atoms with Crippen molar-refractivity contribution >= 4 is 75.4 Å². The number of rotatable bonds is 4. The number of thiocarbonyl (C=S) groups is 1. The molecule has 3 rings (SSSR count). The molecule has 0 aliphatic carbocycles. The van der Waals surface area contributed by atoms with E-state index in [4.69, 9.17) is 58.6 Å². The third-order valence-corrected chi connectivity index (χ3v) is 4.82. The van der Waals surface area contributed by atoms with E-state index in [0.717, 1.165) is 5.56 Å². The number of anilines is 2. The number of hydrogen-bond donors (Lipinski definition) is 2. The topological polar surface area (TPSA) is 54.8 Å². The molecule has 26 heavy (non-hydrogen) atoms. The first-order chi connectivity index (χ1) is 12.4. The maximum Gasteiger partial charge on any atom is 0.248 e. The summed E-state index contributed by atoms with van der Waals surface area (Å²) in [5, 5.41) is 12.6. The minimum absolute atomic E-state index is 0.325. The molecule has 0 bridgehead atoms. The van der Waals surface area contributed by atoms with Gasteiger partial charge in [0, 0.05) is 15.7 Å². The summed E-state index contributed by atoms with van der Waals surface area (Å²) >= 11 is 29.2. The summed E-state index contributed by atoms with van der Waals surface area (Å²) in [6, 6.07) is 10.4. The minimum atomic E-state index is 0.325. The van der Waals surface area contributed by atoms with Crippen LogP contribution in [0, 0.1) is 0 Å². The first-order valence-electron chi connectivity index (χ1n) is 7.27. The Labute approximate surface area is 175 Å². The predicted octanol–water partition coefficient (Wildman–Crippen LogP) is 5.75. The van der Waals surface area contributed by atoms with Crippen LogP contribution >= 0.6 is 58.6 Å². The second-order valence-electron chi connectivity index (χ2n) is 5.21. The van der Waals surface area contributed by atoms with Crippen molar-refractivity contribution in [1.82, 2.24) is 14.8 Å². The average molecular weight is 447 g/mol. The highest BCUT2D eigenvalue weighted by atomic mass is 35.5. The number of nitrogens with one attached hydrogen (secondary N) is 2. The molecule has 0 saturated heterocycles. The molecule has 0 aliphatic heterocycles. The van der Waals surface area contributed by atoms with Gasteiger partial charge in [0.15, 0.2) is 5.11 Å². The molecule has 0 fully saturated rings. The third kappa shape index (κ3) is 4.99. The van der Waals surface area contributed by atoms with Crippen molar-refractivity contribution in [3.05, 3.63) is 68.4 Å². The lowest BCUT2D eigenvalue weighted by atomic mass is 10.2. The summed E-state index contributed by atoms with van der Waals surface area (Å²) in [7, 11) is 0. The molecule has 134 valence electrons. The molecular formula is C16H11Cl4N5S. The van der Waals surface area contributed by atoms with Crippen LogP contribution in [-0.4, -0.2) is 19.9 Å². The second-order valence-corrected chi connectivity index (χ2v) is 7.28. The van der Waals surface area contributed by atoms with E-state index in [0.29, 0.717) is 43.4 Å². The zero-order valence-corrected chi connectivity index (χ0v) is 16.9. The van der Waals surface area contributed by atoms with Crippen molar-refractivity contribution < 1.29 is 0 Å². The second kappa shape index (κ2) is 8.41. The lowest BCUT2D eigenvalue weighted by molar-refractivity contribution is 0.687. The highest BCUT2D eigenvalue weighted by molar-refractivity contribution is 7.80. The number of benzene rings is 2. The van der Waals surface area contributed by atoms with E-state index in [2.05, 4.69) is 20.7 Å². The van der Waals surface area contributed by atoms with Gasteiger partial charge in [-0.15, -0.1) is 5.10 Å². The summed E-state index contributed by atoms with van der Waals surface area (Å²) in [6.45, 7) is 0.456. The molecule has 0 unspecified atom stereocenters. The first-order valence-corrected chi connectivity index (χ1v) is 9.19. The quantitative estimate of drug-likeness (QED) is 0.499. The average Bonchev–Trinajstić information content (AvgIpc) is 3.00. The number of nitrogens with zero attached hydrogens (tertiary/aromatic N) is 3. The summed E-state index contributed by atoms with van der Waals surface area (Å²) in [5.41, 5.74) is 1.58. The van der Waals surface area contributed by atoms with E-state index in [9.17, 15) is 0 Å². The molecule has 0 atom stereocenters. The van der Waals surface area contributed by atoms with Gasteiger partial charge in [-0.2, -0.15) is 0 Å². The Hall–Kier alpha value is -1.57. The van der Waals surface area contributed by atoms with Gasteiger partial charge < -0.3 is 5.32 Å². The molecular weight excluding hydrogens is 436 g/mol. The van der Waals surface area contributed by atoms with Crippen molar-refractivity contribution in [3.63, 3.8) is 0 Å². The van der Waals surface area contributed by atoms with E-state index in [1.165, 1.54) is 0 Å². The number of hydrogen-bond acceptors (Lipinski definition) is 3. The van der Waals surface area contributed by atoms with Crippen molar-refractivity contribution in [2.24, 2.45) is 0 Å². The summed E-state index contributed by atoms with van der Waals surface area (Å²) in [5.74, 6) is 0.354. The summed E-state index contributed by atoms with van der Waals surface area (Å²) in [4.78, 5) is 4.17. The zero-order chi connectivity index (χ0) is 18.7. The van der Waals surface area contributed by atoms with Gasteiger partial charge in [0.2, 0.25) is 5.95 Å². The molecule has 0 amide bonds. The standard InChI is InChI=1S/C16H11Cl4N5S/c17-10-2-1-9(13(19)5-10)7-25-8-21-15(24-25)23-16(26)22-11-3-4-12(18)14(20)6-11/h1-6,8H,7H2,(H2,22,23,24,26). The molecule has 5 nitrogen and oxygen atoms in total. The Morgan fingerprint density at radius 2 is 1.77 bits per heavy atom. The van der Waals surface area contributed by atoms with Gasteiger partial charge in [0.25, 0.3) is 0 Å². The van der Waals surface area contributed by atoms with Gasteiger partial charge in [-0.1, -0.05) is 52.5 Å². The molecule has 0 saturated carbocycles. The molecule has 2 N–H and O–H groups in total. The van der Waals surface area contributed by atoms with Crippen LogP contribution in [-0.2, 0) is 6.54 Å². The maximum atomic E-state index is 6.17. The largest absolute Gasteiger partial charge is 0.332 e. The highest BCUT2D eigenvalue weighted by Gasteiger charge is 2.07. The lowest BCUT2D eigenvalue weighted by Gasteiger charge is -2.08. The van der Waals surface area contributed by atoms with Gasteiger partial charge in [0.05, 0.1) is 16.6 Å². The van der Waals surface area contributed by atoms with Crippen LogP contribution < -0.4 is 10.6 Å². The van der Waals surface area contributed by atoms with Crippen LogP contribution in [0.15, 0.2) is 42.7 Å². The monoisotopic (exact) mass is 445 g/mol. The number of aromatic nitrogens is 3. The van der Waals surface area contributed by atoms with Crippen LogP contribution in [0.5, 0.6) is 0 Å². The van der Waals surface area contributed by atoms with Crippen LogP contribution in [0.25, 0.3) is 0 Å². The Kier molecular flexibility index (Phi) is 6.21. The Bertz CT molecular complexity index is 960. The molecule has 0 spiro atoms. The van der Waals surface area contributed by atoms with E-state index < -0.39 is 0 Å². The molecule has 2 aromatic carbocycles. The minimum Gasteiger partial charge on any atom is -0.332 e. The predicted molar refractivity (Wildman–Crippen MR) is 112 cm³/mol. The van der Waals surface area contributed by atoms with Gasteiger partial charge in [-0.05, 0) is 48.1 Å². The third-order valence-electron chi connectivity index (χ3n) is 3.29. The zero-order valence-electron chi connectivity index (χ0n) is 13.0. The Balaban J connectivity index is 1.62. The molecule has 0 radical (unpaired) electrons. The van der Waals surface area contributed by atoms with Gasteiger partial charge in [-0.3, -0.25) is 5.32 Å². The van der Waals surface area contributed by atoms with Gasteiger partial charge >= 0.3 is 0 Å². The van der Waals surface area contributed by atoms with Crippen LogP contribution in [0.1, 0.15) is 5.56 Å². The normalized spacial score (nSPS) is 10.6. The van der Waals surface area contributed by atoms with Crippen LogP contribution in [0.2, 0.25) is 20.1 Å². The van der Waals surface area contributed by atoms with E-state index in [1.54, 1.807) is 41.3 Å². The summed E-state index contributed by atoms with van der Waals surface area (Å²) in [6.07, 6.45) is 1.58. The fourth-order valence-electron chi connectivity index (χ4n) is 2.09. The molecule has 1 heterocycles. The SMILES string of the molecule is S=C(Nc1ccc(Cl)c(Cl)c1)Nc1ncn(Cc2ccc(Cl)cc2Cl)n1. The van der Waals surface area contributed by atoms with Gasteiger partial charge in [0.1, 0.15) is 6.33 Å². The highest BCUT2D eigenvalue weighted by Crippen LogP contribution is 2.25. The Morgan fingerprint density at radius 1 is 0.962 bits per heavy atom. The van der Waals surface area contributed by atoms with Crippen molar-refractivity contribution in [2.75, 3.05) is 10.6 Å². The fourth-order valence-corrected chi connectivity index (χ4v) is 3.07. The fraction of sp³-hybridized carbons (Fsp3) is 0.0625. The molecule has 1 aromatic heterocycles. The van der Waals surface area contributed by atoms with Crippen LogP contribution in [0.3, 0.4) is 0 Å². The van der Waals surface area contributed by atoms with Crippen LogP contribution in [0.4, 0.5) is 11.6 Å². The van der Waals surface area contributed by atoms with E-state index in [1.807, 2.05) is 6.07 Å². The maximum absolute atomic E-state index is 6.17.